The minimum Gasteiger partial charge on any atom is -0.281 e. The standard InChI is InChI=1S/C44H30N4/c1-4-14-28(15-5-1)39-33-22-11-10-20-31(33)34-24-27-37-35(40(34)39)25-26-36-32-21-12-13-23-38(32)48(41(36)37)44-46-42(29-16-6-2-7-17-29)45-43(47-44)30-18-8-3-9-19-30/h1-27,35,37,39H. The molecule has 48 heavy (non-hydrogen) atoms. The van der Waals surface area contributed by atoms with Crippen LogP contribution >= 0.6 is 0 Å². The molecule has 0 amide bonds. The Kier molecular flexibility index (Phi) is 6.03. The highest BCUT2D eigenvalue weighted by Crippen LogP contribution is 2.57. The van der Waals surface area contributed by atoms with Crippen LogP contribution in [0.5, 0.6) is 0 Å². The smallest absolute Gasteiger partial charge is 0.238 e. The maximum atomic E-state index is 5.21. The van der Waals surface area contributed by atoms with Crippen LogP contribution in [0, 0.1) is 5.92 Å². The summed E-state index contributed by atoms with van der Waals surface area (Å²) in [4.78, 5) is 15.4. The summed E-state index contributed by atoms with van der Waals surface area (Å²) in [5, 5.41) is 1.20. The molecule has 5 aromatic carbocycles. The summed E-state index contributed by atoms with van der Waals surface area (Å²) in [7, 11) is 0. The highest BCUT2D eigenvalue weighted by Gasteiger charge is 2.42. The Morgan fingerprint density at radius 2 is 1.12 bits per heavy atom. The van der Waals surface area contributed by atoms with Gasteiger partial charge in [-0.1, -0.05) is 158 Å². The van der Waals surface area contributed by atoms with Crippen molar-refractivity contribution >= 4 is 22.6 Å². The molecule has 3 unspecified atom stereocenters. The molecule has 0 fully saturated rings. The normalized spacial score (nSPS) is 18.8. The number of para-hydroxylation sites is 1. The molecule has 3 aliphatic rings. The third kappa shape index (κ3) is 4.06. The van der Waals surface area contributed by atoms with Crippen molar-refractivity contribution in [1.82, 2.24) is 19.5 Å². The van der Waals surface area contributed by atoms with Crippen LogP contribution < -0.4 is 0 Å². The molecule has 2 aromatic heterocycles. The number of rotatable bonds is 4. The van der Waals surface area contributed by atoms with Crippen molar-refractivity contribution in [1.29, 1.82) is 0 Å². The number of hydrogen-bond donors (Lipinski definition) is 0. The number of allylic oxidation sites excluding steroid dienone is 5. The average Bonchev–Trinajstić information content (AvgIpc) is 3.69. The highest BCUT2D eigenvalue weighted by molar-refractivity contribution is 5.95. The molecule has 0 bridgehead atoms. The van der Waals surface area contributed by atoms with Gasteiger partial charge in [0.05, 0.1) is 5.52 Å². The van der Waals surface area contributed by atoms with Crippen LogP contribution in [-0.2, 0) is 0 Å². The molecule has 0 spiro atoms. The lowest BCUT2D eigenvalue weighted by molar-refractivity contribution is 0.603. The Morgan fingerprint density at radius 3 is 1.85 bits per heavy atom. The van der Waals surface area contributed by atoms with Gasteiger partial charge in [0, 0.05) is 45.5 Å². The number of nitrogens with zero attached hydrogens (tertiary/aromatic N) is 4. The van der Waals surface area contributed by atoms with E-state index in [0.29, 0.717) is 17.6 Å². The van der Waals surface area contributed by atoms with Gasteiger partial charge in [-0.15, -0.1) is 0 Å². The summed E-state index contributed by atoms with van der Waals surface area (Å²) in [6, 6.07) is 49.0. The zero-order chi connectivity index (χ0) is 31.6. The lowest BCUT2D eigenvalue weighted by Crippen LogP contribution is -2.23. The van der Waals surface area contributed by atoms with Crippen LogP contribution in [0.25, 0.3) is 51.3 Å². The molecule has 4 nitrogen and oxygen atoms in total. The van der Waals surface area contributed by atoms with Crippen LogP contribution in [0.1, 0.15) is 39.8 Å². The largest absolute Gasteiger partial charge is 0.281 e. The second kappa shape index (κ2) is 10.7. The van der Waals surface area contributed by atoms with E-state index in [9.17, 15) is 0 Å². The maximum absolute atomic E-state index is 5.21. The molecule has 0 saturated carbocycles. The maximum Gasteiger partial charge on any atom is 0.238 e. The Bertz CT molecular complexity index is 2400. The first-order valence-corrected chi connectivity index (χ1v) is 16.6. The van der Waals surface area contributed by atoms with Gasteiger partial charge in [-0.25, -0.2) is 4.98 Å². The Labute approximate surface area is 279 Å². The molecule has 0 saturated heterocycles. The molecule has 7 aromatic rings. The van der Waals surface area contributed by atoms with E-state index in [0.717, 1.165) is 16.6 Å². The van der Waals surface area contributed by atoms with E-state index in [2.05, 4.69) is 132 Å². The van der Waals surface area contributed by atoms with Gasteiger partial charge in [0.15, 0.2) is 11.6 Å². The van der Waals surface area contributed by atoms with E-state index in [1.807, 2.05) is 36.4 Å². The lowest BCUT2D eigenvalue weighted by Gasteiger charge is -2.34. The Morgan fingerprint density at radius 1 is 0.521 bits per heavy atom. The van der Waals surface area contributed by atoms with Crippen LogP contribution in [0.15, 0.2) is 163 Å². The average molecular weight is 615 g/mol. The Hall–Kier alpha value is -6.13. The van der Waals surface area contributed by atoms with Gasteiger partial charge in [0.25, 0.3) is 0 Å². The van der Waals surface area contributed by atoms with Crippen molar-refractivity contribution in [3.05, 3.63) is 191 Å². The predicted octanol–water partition coefficient (Wildman–Crippen LogP) is 10.0. The summed E-state index contributed by atoms with van der Waals surface area (Å²) in [6.45, 7) is 0. The SMILES string of the molecule is C1=CC2c3c(c4ccccc4n3-c3nc(-c4ccccc4)nc(-c4ccccc4)n3)C=CC2C2=C1c1ccccc1C2c1ccccc1. The molecular weight excluding hydrogens is 585 g/mol. The van der Waals surface area contributed by atoms with Gasteiger partial charge >= 0.3 is 0 Å². The van der Waals surface area contributed by atoms with Crippen molar-refractivity contribution < 1.29 is 0 Å². The van der Waals surface area contributed by atoms with Gasteiger partial charge in [0.1, 0.15) is 0 Å². The molecule has 0 N–H and O–H groups in total. The lowest BCUT2D eigenvalue weighted by atomic mass is 9.70. The molecule has 226 valence electrons. The molecule has 3 aliphatic carbocycles. The fourth-order valence-electron chi connectivity index (χ4n) is 8.13. The summed E-state index contributed by atoms with van der Waals surface area (Å²) in [6.07, 6.45) is 9.59. The first kappa shape index (κ1) is 27.0. The number of fused-ring (bicyclic) bond motifs is 8. The molecule has 0 radical (unpaired) electrons. The van der Waals surface area contributed by atoms with Gasteiger partial charge in [-0.3, -0.25) is 4.57 Å². The van der Waals surface area contributed by atoms with Crippen molar-refractivity contribution in [2.75, 3.05) is 0 Å². The zero-order valence-electron chi connectivity index (χ0n) is 26.1. The third-order valence-corrected chi connectivity index (χ3v) is 10.2. The molecular formula is C44H30N4. The monoisotopic (exact) mass is 614 g/mol. The number of benzene rings is 5. The van der Waals surface area contributed by atoms with Gasteiger partial charge < -0.3 is 0 Å². The first-order chi connectivity index (χ1) is 23.8. The molecule has 4 heteroatoms. The summed E-state index contributed by atoms with van der Waals surface area (Å²) < 4.78 is 2.31. The second-order valence-corrected chi connectivity index (χ2v) is 12.7. The summed E-state index contributed by atoms with van der Waals surface area (Å²) in [5.41, 5.74) is 12.4. The van der Waals surface area contributed by atoms with E-state index in [1.165, 1.54) is 44.5 Å². The second-order valence-electron chi connectivity index (χ2n) is 12.7. The van der Waals surface area contributed by atoms with Crippen LogP contribution in [-0.4, -0.2) is 19.5 Å². The Balaban J connectivity index is 1.20. The topological polar surface area (TPSA) is 43.6 Å². The number of hydrogen-bond acceptors (Lipinski definition) is 3. The molecule has 2 heterocycles. The first-order valence-electron chi connectivity index (χ1n) is 16.6. The molecule has 0 aliphatic heterocycles. The van der Waals surface area contributed by atoms with E-state index in [-0.39, 0.29) is 17.8 Å². The highest BCUT2D eigenvalue weighted by atomic mass is 15.2. The summed E-state index contributed by atoms with van der Waals surface area (Å²) in [5.74, 6) is 2.44. The van der Waals surface area contributed by atoms with Gasteiger partial charge in [-0.2, -0.15) is 9.97 Å². The minimum atomic E-state index is 0.105. The van der Waals surface area contributed by atoms with Crippen LogP contribution in [0.4, 0.5) is 0 Å². The third-order valence-electron chi connectivity index (χ3n) is 10.2. The fourth-order valence-corrected chi connectivity index (χ4v) is 8.13. The van der Waals surface area contributed by atoms with Crippen molar-refractivity contribution in [2.45, 2.75) is 11.8 Å². The minimum absolute atomic E-state index is 0.105. The van der Waals surface area contributed by atoms with E-state index in [4.69, 9.17) is 15.0 Å². The quantitative estimate of drug-likeness (QED) is 0.198. The fraction of sp³-hybridized carbons (Fsp3) is 0.0682. The molecule has 3 atom stereocenters. The van der Waals surface area contributed by atoms with Gasteiger partial charge in [0.2, 0.25) is 5.95 Å². The van der Waals surface area contributed by atoms with Gasteiger partial charge in [-0.05, 0) is 33.9 Å². The zero-order valence-corrected chi connectivity index (χ0v) is 26.1. The van der Waals surface area contributed by atoms with Crippen molar-refractivity contribution in [2.24, 2.45) is 5.92 Å². The van der Waals surface area contributed by atoms with E-state index >= 15 is 0 Å². The predicted molar refractivity (Wildman–Crippen MR) is 194 cm³/mol. The summed E-state index contributed by atoms with van der Waals surface area (Å²) >= 11 is 0. The van der Waals surface area contributed by atoms with E-state index in [1.54, 1.807) is 0 Å². The molecule has 10 rings (SSSR count). The van der Waals surface area contributed by atoms with Crippen LogP contribution in [0.2, 0.25) is 0 Å². The van der Waals surface area contributed by atoms with Crippen molar-refractivity contribution in [3.63, 3.8) is 0 Å². The van der Waals surface area contributed by atoms with E-state index < -0.39 is 0 Å². The van der Waals surface area contributed by atoms with Crippen LogP contribution in [0.3, 0.4) is 0 Å². The van der Waals surface area contributed by atoms with Crippen molar-refractivity contribution in [3.8, 4) is 28.7 Å². The number of aromatic nitrogens is 4.